The first-order chi connectivity index (χ1) is 12.4. The van der Waals surface area contributed by atoms with Crippen molar-refractivity contribution in [2.24, 2.45) is 0 Å². The van der Waals surface area contributed by atoms with Gasteiger partial charge >= 0.3 is 0 Å². The van der Waals surface area contributed by atoms with Crippen molar-refractivity contribution in [3.05, 3.63) is 53.1 Å². The Bertz CT molecular complexity index is 836. The number of carbonyl (C=O) groups excluding carboxylic acids is 2. The SMILES string of the molecule is CC(=O)N1CC[NH+](CC(=O)c2cc(C)n(-c3cccc(F)c3)c2C)CC1. The smallest absolute Gasteiger partial charge is 0.219 e. The zero-order valence-electron chi connectivity index (χ0n) is 15.5. The molecule has 1 amide bonds. The Morgan fingerprint density at radius 1 is 1.15 bits per heavy atom. The number of piperazine rings is 1. The standard InChI is InChI=1S/C20H24FN3O2/c1-14-11-19(15(2)24(14)18-6-4-5-17(21)12-18)20(26)13-22-7-9-23(10-8-22)16(3)25/h4-6,11-12H,7-10,13H2,1-3H3/p+1. The Balaban J connectivity index is 1.75. The first kappa shape index (κ1) is 18.3. The molecule has 0 atom stereocenters. The minimum atomic E-state index is -0.296. The Morgan fingerprint density at radius 2 is 1.85 bits per heavy atom. The van der Waals surface area contributed by atoms with Crippen molar-refractivity contribution >= 4 is 11.7 Å². The van der Waals surface area contributed by atoms with Crippen molar-refractivity contribution in [1.29, 1.82) is 0 Å². The maximum atomic E-state index is 13.6. The molecule has 1 aliphatic heterocycles. The van der Waals surface area contributed by atoms with Gasteiger partial charge in [0.1, 0.15) is 12.4 Å². The summed E-state index contributed by atoms with van der Waals surface area (Å²) in [6, 6.07) is 8.27. The molecule has 6 heteroatoms. The number of ketones is 1. The number of aromatic nitrogens is 1. The summed E-state index contributed by atoms with van der Waals surface area (Å²) in [6.07, 6.45) is 0. The highest BCUT2D eigenvalue weighted by molar-refractivity contribution is 5.98. The molecule has 1 N–H and O–H groups in total. The summed E-state index contributed by atoms with van der Waals surface area (Å²) in [5.41, 5.74) is 3.16. The number of Topliss-reactive ketones (excluding diaryl/α,β-unsaturated/α-hetero) is 1. The molecule has 1 aliphatic rings. The monoisotopic (exact) mass is 358 g/mol. The van der Waals surface area contributed by atoms with Crippen LogP contribution in [0.2, 0.25) is 0 Å². The highest BCUT2D eigenvalue weighted by atomic mass is 19.1. The highest BCUT2D eigenvalue weighted by Crippen LogP contribution is 2.21. The van der Waals surface area contributed by atoms with E-state index >= 15 is 0 Å². The number of quaternary nitrogens is 1. The first-order valence-corrected chi connectivity index (χ1v) is 8.94. The lowest BCUT2D eigenvalue weighted by atomic mass is 10.1. The number of nitrogens with one attached hydrogen (secondary N) is 1. The number of amides is 1. The van der Waals surface area contributed by atoms with Crippen LogP contribution in [0.5, 0.6) is 0 Å². The third kappa shape index (κ3) is 3.70. The molecule has 1 fully saturated rings. The molecule has 1 saturated heterocycles. The van der Waals surface area contributed by atoms with Gasteiger partial charge in [0.25, 0.3) is 0 Å². The van der Waals surface area contributed by atoms with Gasteiger partial charge in [-0.15, -0.1) is 0 Å². The van der Waals surface area contributed by atoms with Crippen LogP contribution in [0.4, 0.5) is 4.39 Å². The molecule has 0 saturated carbocycles. The molecule has 0 unspecified atom stereocenters. The Kier molecular flexibility index (Phi) is 5.23. The lowest BCUT2D eigenvalue weighted by Gasteiger charge is -2.31. The second-order valence-electron chi connectivity index (χ2n) is 6.96. The Labute approximate surface area is 153 Å². The van der Waals surface area contributed by atoms with Gasteiger partial charge in [0.15, 0.2) is 0 Å². The van der Waals surface area contributed by atoms with Crippen LogP contribution in [0.15, 0.2) is 30.3 Å². The van der Waals surface area contributed by atoms with Crippen molar-refractivity contribution in [2.45, 2.75) is 20.8 Å². The second-order valence-corrected chi connectivity index (χ2v) is 6.96. The van der Waals surface area contributed by atoms with E-state index in [0.29, 0.717) is 25.2 Å². The zero-order valence-corrected chi connectivity index (χ0v) is 15.5. The van der Waals surface area contributed by atoms with Crippen LogP contribution in [0.3, 0.4) is 0 Å². The van der Waals surface area contributed by atoms with E-state index in [-0.39, 0.29) is 17.5 Å². The quantitative estimate of drug-likeness (QED) is 0.834. The number of aryl methyl sites for hydroxylation is 1. The van der Waals surface area contributed by atoms with Gasteiger partial charge in [-0.2, -0.15) is 0 Å². The molecule has 3 rings (SSSR count). The summed E-state index contributed by atoms with van der Waals surface area (Å²) < 4.78 is 15.5. The van der Waals surface area contributed by atoms with Crippen molar-refractivity contribution in [3.63, 3.8) is 0 Å². The van der Waals surface area contributed by atoms with Crippen LogP contribution in [0.25, 0.3) is 5.69 Å². The van der Waals surface area contributed by atoms with Crippen LogP contribution >= 0.6 is 0 Å². The van der Waals surface area contributed by atoms with E-state index in [2.05, 4.69) is 0 Å². The average Bonchev–Trinajstić information content (AvgIpc) is 2.90. The molecule has 2 aromatic rings. The van der Waals surface area contributed by atoms with Crippen LogP contribution in [0, 0.1) is 19.7 Å². The van der Waals surface area contributed by atoms with E-state index in [1.807, 2.05) is 35.4 Å². The minimum absolute atomic E-state index is 0.0898. The lowest BCUT2D eigenvalue weighted by Crippen LogP contribution is -3.15. The summed E-state index contributed by atoms with van der Waals surface area (Å²) in [5, 5.41) is 0. The molecule has 26 heavy (non-hydrogen) atoms. The second kappa shape index (κ2) is 7.41. The summed E-state index contributed by atoms with van der Waals surface area (Å²) in [6.45, 7) is 8.78. The van der Waals surface area contributed by atoms with Gasteiger partial charge in [-0.1, -0.05) is 6.07 Å². The first-order valence-electron chi connectivity index (χ1n) is 8.94. The van der Waals surface area contributed by atoms with Gasteiger partial charge in [-0.3, -0.25) is 9.59 Å². The summed E-state index contributed by atoms with van der Waals surface area (Å²) >= 11 is 0. The molecule has 5 nitrogen and oxygen atoms in total. The fourth-order valence-corrected chi connectivity index (χ4v) is 3.69. The maximum absolute atomic E-state index is 13.6. The highest BCUT2D eigenvalue weighted by Gasteiger charge is 2.25. The van der Waals surface area contributed by atoms with Crippen LogP contribution < -0.4 is 4.90 Å². The molecule has 0 bridgehead atoms. The Hall–Kier alpha value is -2.47. The fourth-order valence-electron chi connectivity index (χ4n) is 3.69. The van der Waals surface area contributed by atoms with Crippen molar-refractivity contribution in [3.8, 4) is 5.69 Å². The van der Waals surface area contributed by atoms with Gasteiger partial charge in [-0.05, 0) is 38.1 Å². The molecule has 0 radical (unpaired) electrons. The average molecular weight is 358 g/mol. The molecule has 0 spiro atoms. The fraction of sp³-hybridized carbons (Fsp3) is 0.400. The Morgan fingerprint density at radius 3 is 2.46 bits per heavy atom. The molecule has 2 heterocycles. The third-order valence-electron chi connectivity index (χ3n) is 5.12. The van der Waals surface area contributed by atoms with E-state index in [9.17, 15) is 14.0 Å². The molecule has 0 aliphatic carbocycles. The summed E-state index contributed by atoms with van der Waals surface area (Å²) in [5.74, 6) is -0.114. The van der Waals surface area contributed by atoms with Gasteiger partial charge in [0.05, 0.1) is 26.2 Å². The molecular weight excluding hydrogens is 333 g/mol. The van der Waals surface area contributed by atoms with E-state index in [1.54, 1.807) is 13.0 Å². The minimum Gasteiger partial charge on any atom is -0.332 e. The topological polar surface area (TPSA) is 46.8 Å². The van der Waals surface area contributed by atoms with E-state index in [4.69, 9.17) is 0 Å². The van der Waals surface area contributed by atoms with Gasteiger partial charge in [-0.25, -0.2) is 4.39 Å². The number of halogens is 1. The predicted molar refractivity (Wildman–Crippen MR) is 97.3 cm³/mol. The normalized spacial score (nSPS) is 15.3. The van der Waals surface area contributed by atoms with Crippen molar-refractivity contribution in [1.82, 2.24) is 9.47 Å². The van der Waals surface area contributed by atoms with Crippen molar-refractivity contribution in [2.75, 3.05) is 32.7 Å². The molecule has 138 valence electrons. The van der Waals surface area contributed by atoms with Crippen LogP contribution in [-0.4, -0.2) is 53.9 Å². The van der Waals surface area contributed by atoms with Gasteiger partial charge in [0.2, 0.25) is 11.7 Å². The van der Waals surface area contributed by atoms with Gasteiger partial charge in [0, 0.05) is 29.6 Å². The molecular formula is C20H25FN3O2+. The number of carbonyl (C=O) groups is 2. The van der Waals surface area contributed by atoms with Crippen LogP contribution in [0.1, 0.15) is 28.7 Å². The van der Waals surface area contributed by atoms with Crippen LogP contribution in [-0.2, 0) is 4.79 Å². The van der Waals surface area contributed by atoms with Crippen molar-refractivity contribution < 1.29 is 18.9 Å². The van der Waals surface area contributed by atoms with E-state index in [0.717, 1.165) is 30.2 Å². The number of rotatable bonds is 4. The number of hydrogen-bond donors (Lipinski definition) is 1. The zero-order chi connectivity index (χ0) is 18.8. The largest absolute Gasteiger partial charge is 0.332 e. The number of nitrogens with zero attached hydrogens (tertiary/aromatic N) is 2. The van der Waals surface area contributed by atoms with E-state index in [1.165, 1.54) is 17.0 Å². The predicted octanol–water partition coefficient (Wildman–Crippen LogP) is 1.16. The maximum Gasteiger partial charge on any atom is 0.219 e. The summed E-state index contributed by atoms with van der Waals surface area (Å²) in [4.78, 5) is 27.3. The number of benzene rings is 1. The number of hydrogen-bond acceptors (Lipinski definition) is 2. The summed E-state index contributed by atoms with van der Waals surface area (Å²) in [7, 11) is 0. The van der Waals surface area contributed by atoms with E-state index < -0.39 is 0 Å². The lowest BCUT2D eigenvalue weighted by molar-refractivity contribution is -0.895. The van der Waals surface area contributed by atoms with Gasteiger partial charge < -0.3 is 14.4 Å². The molecule has 1 aromatic carbocycles. The third-order valence-corrected chi connectivity index (χ3v) is 5.12. The molecule has 1 aromatic heterocycles.